The number of aliphatic hydroxyl groups excluding tert-OH is 1. The zero-order valence-corrected chi connectivity index (χ0v) is 11.7. The molecular formula is C11H21N5O3. The Morgan fingerprint density at radius 3 is 2.47 bits per heavy atom. The van der Waals surface area contributed by atoms with Gasteiger partial charge in [0.1, 0.15) is 0 Å². The van der Waals surface area contributed by atoms with E-state index in [-0.39, 0.29) is 25.3 Å². The predicted molar refractivity (Wildman–Crippen MR) is 71.5 cm³/mol. The Balaban J connectivity index is 2.70. The molecule has 0 aliphatic heterocycles. The number of methoxy groups -OCH3 is 1. The van der Waals surface area contributed by atoms with E-state index < -0.39 is 6.10 Å². The van der Waals surface area contributed by atoms with Gasteiger partial charge in [-0.2, -0.15) is 15.0 Å². The smallest absolute Gasteiger partial charge is 0.323 e. The first-order valence-corrected chi connectivity index (χ1v) is 6.06. The predicted octanol–water partition coefficient (Wildman–Crippen LogP) is 0.120. The summed E-state index contributed by atoms with van der Waals surface area (Å²) in [6.07, 6.45) is -0.659. The van der Waals surface area contributed by atoms with Crippen molar-refractivity contribution < 1.29 is 14.6 Å². The molecule has 0 saturated heterocycles. The highest BCUT2D eigenvalue weighted by atomic mass is 16.5. The van der Waals surface area contributed by atoms with Gasteiger partial charge >= 0.3 is 6.01 Å². The van der Waals surface area contributed by atoms with Gasteiger partial charge in [0.15, 0.2) is 0 Å². The summed E-state index contributed by atoms with van der Waals surface area (Å²) in [7, 11) is 3.23. The lowest BCUT2D eigenvalue weighted by Gasteiger charge is -2.13. The normalized spacial score (nSPS) is 12.3. The number of hydrogen-bond donors (Lipinski definition) is 3. The molecule has 0 radical (unpaired) electrons. The maximum atomic E-state index is 9.55. The maximum Gasteiger partial charge on any atom is 0.323 e. The third-order valence-corrected chi connectivity index (χ3v) is 2.03. The quantitative estimate of drug-likeness (QED) is 0.613. The Bertz CT molecular complexity index is 389. The number of aliphatic hydroxyl groups is 1. The lowest BCUT2D eigenvalue weighted by atomic mass is 10.4. The molecule has 8 nitrogen and oxygen atoms in total. The standard InChI is InChI=1S/C11H21N5O3/c1-7(2)19-11-15-9(12-3)14-10(16-11)13-5-8(17)6-18-4/h7-8,17H,5-6H2,1-4H3,(H2,12,13,14,15,16). The molecule has 19 heavy (non-hydrogen) atoms. The van der Waals surface area contributed by atoms with E-state index in [0.29, 0.717) is 11.9 Å². The van der Waals surface area contributed by atoms with Crippen molar-refractivity contribution in [3.8, 4) is 6.01 Å². The zero-order valence-electron chi connectivity index (χ0n) is 11.7. The van der Waals surface area contributed by atoms with Gasteiger partial charge in [-0.05, 0) is 13.8 Å². The first-order valence-electron chi connectivity index (χ1n) is 6.06. The van der Waals surface area contributed by atoms with Crippen LogP contribution in [0.1, 0.15) is 13.8 Å². The molecule has 1 rings (SSSR count). The molecular weight excluding hydrogens is 250 g/mol. The topological polar surface area (TPSA) is 101 Å². The maximum absolute atomic E-state index is 9.55. The van der Waals surface area contributed by atoms with Crippen LogP contribution in [-0.4, -0.2) is 59.6 Å². The average molecular weight is 271 g/mol. The highest BCUT2D eigenvalue weighted by Crippen LogP contribution is 2.12. The Morgan fingerprint density at radius 2 is 1.89 bits per heavy atom. The van der Waals surface area contributed by atoms with Gasteiger partial charge in [0.05, 0.1) is 18.8 Å². The summed E-state index contributed by atoms with van der Waals surface area (Å²) >= 11 is 0. The lowest BCUT2D eigenvalue weighted by Crippen LogP contribution is -2.25. The van der Waals surface area contributed by atoms with Crippen LogP contribution < -0.4 is 15.4 Å². The number of rotatable bonds is 8. The van der Waals surface area contributed by atoms with Crippen molar-refractivity contribution in [2.45, 2.75) is 26.1 Å². The first-order chi connectivity index (χ1) is 9.05. The van der Waals surface area contributed by atoms with Crippen molar-refractivity contribution in [3.05, 3.63) is 0 Å². The van der Waals surface area contributed by atoms with Gasteiger partial charge in [-0.25, -0.2) is 0 Å². The van der Waals surface area contributed by atoms with Gasteiger partial charge in [-0.15, -0.1) is 0 Å². The largest absolute Gasteiger partial charge is 0.461 e. The minimum absolute atomic E-state index is 0.0287. The molecule has 0 bridgehead atoms. The second-order valence-corrected chi connectivity index (χ2v) is 4.17. The summed E-state index contributed by atoms with van der Waals surface area (Å²) in [4.78, 5) is 12.3. The highest BCUT2D eigenvalue weighted by Gasteiger charge is 2.09. The molecule has 1 heterocycles. The minimum Gasteiger partial charge on any atom is -0.461 e. The van der Waals surface area contributed by atoms with Crippen LogP contribution in [0.4, 0.5) is 11.9 Å². The zero-order chi connectivity index (χ0) is 14.3. The summed E-state index contributed by atoms with van der Waals surface area (Å²) < 4.78 is 10.3. The van der Waals surface area contributed by atoms with E-state index in [1.54, 1.807) is 7.05 Å². The number of anilines is 2. The number of aromatic nitrogens is 3. The van der Waals surface area contributed by atoms with Crippen molar-refractivity contribution in [2.75, 3.05) is 37.9 Å². The molecule has 1 atom stereocenters. The third-order valence-electron chi connectivity index (χ3n) is 2.03. The SMILES string of the molecule is CNc1nc(NCC(O)COC)nc(OC(C)C)n1. The van der Waals surface area contributed by atoms with E-state index in [0.717, 1.165) is 0 Å². The van der Waals surface area contributed by atoms with E-state index in [1.807, 2.05) is 13.8 Å². The summed E-state index contributed by atoms with van der Waals surface area (Å²) in [5.41, 5.74) is 0. The van der Waals surface area contributed by atoms with Crippen LogP contribution in [0.15, 0.2) is 0 Å². The molecule has 0 aromatic carbocycles. The molecule has 3 N–H and O–H groups in total. The second kappa shape index (κ2) is 7.70. The Labute approximate surface area is 112 Å². The second-order valence-electron chi connectivity index (χ2n) is 4.17. The fourth-order valence-corrected chi connectivity index (χ4v) is 1.27. The molecule has 1 aromatic rings. The molecule has 0 saturated carbocycles. The average Bonchev–Trinajstić information content (AvgIpc) is 2.35. The minimum atomic E-state index is -0.630. The summed E-state index contributed by atoms with van der Waals surface area (Å²) in [6, 6.07) is 0.234. The Kier molecular flexibility index (Phi) is 6.23. The number of hydrogen-bond acceptors (Lipinski definition) is 8. The number of ether oxygens (including phenoxy) is 2. The van der Waals surface area contributed by atoms with Crippen LogP contribution in [0, 0.1) is 0 Å². The lowest BCUT2D eigenvalue weighted by molar-refractivity contribution is 0.0726. The van der Waals surface area contributed by atoms with Crippen molar-refractivity contribution in [1.82, 2.24) is 15.0 Å². The van der Waals surface area contributed by atoms with E-state index >= 15 is 0 Å². The van der Waals surface area contributed by atoms with Crippen LogP contribution in [0.25, 0.3) is 0 Å². The third kappa shape index (κ3) is 5.66. The van der Waals surface area contributed by atoms with Crippen molar-refractivity contribution in [3.63, 3.8) is 0 Å². The highest BCUT2D eigenvalue weighted by molar-refractivity contribution is 5.35. The van der Waals surface area contributed by atoms with Crippen molar-refractivity contribution >= 4 is 11.9 Å². The van der Waals surface area contributed by atoms with Gasteiger partial charge < -0.3 is 25.2 Å². The van der Waals surface area contributed by atoms with Crippen molar-refractivity contribution in [2.24, 2.45) is 0 Å². The van der Waals surface area contributed by atoms with Gasteiger partial charge in [0.2, 0.25) is 11.9 Å². The Hall–Kier alpha value is -1.67. The fraction of sp³-hybridized carbons (Fsp3) is 0.727. The first kappa shape index (κ1) is 15.4. The van der Waals surface area contributed by atoms with E-state index in [2.05, 4.69) is 25.6 Å². The molecule has 0 amide bonds. The van der Waals surface area contributed by atoms with Crippen LogP contribution >= 0.6 is 0 Å². The molecule has 8 heteroatoms. The number of nitrogens with zero attached hydrogens (tertiary/aromatic N) is 3. The van der Waals surface area contributed by atoms with Gasteiger partial charge in [0, 0.05) is 20.7 Å². The summed E-state index contributed by atoms with van der Waals surface area (Å²) in [6.45, 7) is 4.30. The summed E-state index contributed by atoms with van der Waals surface area (Å²) in [5.74, 6) is 0.736. The van der Waals surface area contributed by atoms with Gasteiger partial charge in [-0.1, -0.05) is 0 Å². The van der Waals surface area contributed by atoms with Crippen LogP contribution in [0.2, 0.25) is 0 Å². The monoisotopic (exact) mass is 271 g/mol. The summed E-state index contributed by atoms with van der Waals surface area (Å²) in [5, 5.41) is 15.3. The molecule has 1 aromatic heterocycles. The van der Waals surface area contributed by atoms with E-state index in [1.165, 1.54) is 7.11 Å². The van der Waals surface area contributed by atoms with Gasteiger partial charge in [-0.3, -0.25) is 0 Å². The molecule has 0 aliphatic rings. The van der Waals surface area contributed by atoms with Crippen LogP contribution in [0.5, 0.6) is 6.01 Å². The van der Waals surface area contributed by atoms with Crippen LogP contribution in [0.3, 0.4) is 0 Å². The number of nitrogens with one attached hydrogen (secondary N) is 2. The van der Waals surface area contributed by atoms with Crippen molar-refractivity contribution in [1.29, 1.82) is 0 Å². The molecule has 1 unspecified atom stereocenters. The molecule has 108 valence electrons. The fourth-order valence-electron chi connectivity index (χ4n) is 1.27. The van der Waals surface area contributed by atoms with Crippen LogP contribution in [-0.2, 0) is 4.74 Å². The Morgan fingerprint density at radius 1 is 1.21 bits per heavy atom. The molecule has 0 fully saturated rings. The molecule has 0 spiro atoms. The van der Waals surface area contributed by atoms with Gasteiger partial charge in [0.25, 0.3) is 0 Å². The molecule has 0 aliphatic carbocycles. The van der Waals surface area contributed by atoms with E-state index in [9.17, 15) is 5.11 Å². The van der Waals surface area contributed by atoms with E-state index in [4.69, 9.17) is 9.47 Å².